The molecule has 0 bridgehead atoms. The number of rotatable bonds is 8. The van der Waals surface area contributed by atoms with Crippen LogP contribution in [0.25, 0.3) is 0 Å². The van der Waals surface area contributed by atoms with Crippen LogP contribution in [0, 0.1) is 0 Å². The maximum atomic E-state index is 13.5. The fourth-order valence-electron chi connectivity index (χ4n) is 3.74. The summed E-state index contributed by atoms with van der Waals surface area (Å²) in [6.07, 6.45) is -0.851. The predicted octanol–water partition coefficient (Wildman–Crippen LogP) is 6.70. The summed E-state index contributed by atoms with van der Waals surface area (Å²) in [5, 5.41) is 2.76. The van der Waals surface area contributed by atoms with E-state index in [9.17, 15) is 19.2 Å². The summed E-state index contributed by atoms with van der Waals surface area (Å²) in [5.41, 5.74) is -0.845. The summed E-state index contributed by atoms with van der Waals surface area (Å²) in [4.78, 5) is 52.1. The highest BCUT2D eigenvalue weighted by Gasteiger charge is 2.28. The number of carbonyl (C=O) groups is 4. The monoisotopic (exact) mass is 545 g/mol. The molecule has 0 saturated heterocycles. The number of nitrogens with one attached hydrogen (secondary N) is 1. The van der Waals surface area contributed by atoms with Gasteiger partial charge >= 0.3 is 18.0 Å². The van der Waals surface area contributed by atoms with E-state index < -0.39 is 35.3 Å². The highest BCUT2D eigenvalue weighted by Crippen LogP contribution is 2.24. The minimum absolute atomic E-state index is 0.00935. The normalized spacial score (nSPS) is 12.2. The molecule has 0 aliphatic heterocycles. The van der Waals surface area contributed by atoms with Crippen molar-refractivity contribution in [2.75, 3.05) is 0 Å². The van der Waals surface area contributed by atoms with Gasteiger partial charge < -0.3 is 19.5 Å². The van der Waals surface area contributed by atoms with E-state index in [2.05, 4.69) is 5.32 Å². The standard InChI is InChI=1S/C32H35NO7/c1-31(2,3)39-28(35)24-18-17-22(19-25(24)29(36)40-32(4,5)6)27(34)20-26(21-13-9-7-10-14-21)33-30(37)38-23-15-11-8-12-16-23/h7-19,26H,20H2,1-6H3,(H,33,37). The summed E-state index contributed by atoms with van der Waals surface area (Å²) < 4.78 is 16.3. The Bertz CT molecular complexity index is 1350. The molecule has 0 aromatic heterocycles. The van der Waals surface area contributed by atoms with Crippen LogP contribution in [0.2, 0.25) is 0 Å². The number of ether oxygens (including phenoxy) is 3. The number of benzene rings is 3. The first kappa shape index (κ1) is 30.1. The van der Waals surface area contributed by atoms with Crippen LogP contribution in [0.3, 0.4) is 0 Å². The van der Waals surface area contributed by atoms with Crippen molar-refractivity contribution in [1.29, 1.82) is 0 Å². The van der Waals surface area contributed by atoms with Gasteiger partial charge in [0.1, 0.15) is 17.0 Å². The number of Topliss-reactive ketones (excluding diaryl/α,β-unsaturated/α-hetero) is 1. The van der Waals surface area contributed by atoms with Gasteiger partial charge in [-0.3, -0.25) is 4.79 Å². The second-order valence-electron chi connectivity index (χ2n) is 11.2. The average Bonchev–Trinajstić information content (AvgIpc) is 2.87. The molecule has 0 radical (unpaired) electrons. The topological polar surface area (TPSA) is 108 Å². The van der Waals surface area contributed by atoms with Crippen molar-refractivity contribution in [2.24, 2.45) is 0 Å². The van der Waals surface area contributed by atoms with Gasteiger partial charge in [-0.25, -0.2) is 14.4 Å². The minimum Gasteiger partial charge on any atom is -0.456 e. The molecule has 3 rings (SSSR count). The van der Waals surface area contributed by atoms with Gasteiger partial charge in [-0.1, -0.05) is 54.6 Å². The van der Waals surface area contributed by atoms with Crippen molar-refractivity contribution >= 4 is 23.8 Å². The van der Waals surface area contributed by atoms with E-state index in [0.29, 0.717) is 11.3 Å². The Morgan fingerprint density at radius 2 is 1.23 bits per heavy atom. The molecule has 210 valence electrons. The second-order valence-corrected chi connectivity index (χ2v) is 11.2. The molecular weight excluding hydrogens is 510 g/mol. The molecule has 40 heavy (non-hydrogen) atoms. The Hall–Kier alpha value is -4.46. The minimum atomic E-state index is -0.830. The number of hydrogen-bond donors (Lipinski definition) is 1. The maximum Gasteiger partial charge on any atom is 0.413 e. The fraction of sp³-hybridized carbons (Fsp3) is 0.312. The molecule has 8 heteroatoms. The molecule has 0 spiro atoms. The second kappa shape index (κ2) is 12.6. The lowest BCUT2D eigenvalue weighted by Crippen LogP contribution is -2.32. The molecule has 1 atom stereocenters. The molecule has 0 aliphatic rings. The van der Waals surface area contributed by atoms with Gasteiger partial charge in [-0.05, 0) is 71.4 Å². The van der Waals surface area contributed by atoms with Crippen LogP contribution >= 0.6 is 0 Å². The zero-order valence-corrected chi connectivity index (χ0v) is 23.6. The van der Waals surface area contributed by atoms with Gasteiger partial charge in [0, 0.05) is 12.0 Å². The molecule has 1 unspecified atom stereocenters. The van der Waals surface area contributed by atoms with E-state index in [1.165, 1.54) is 18.2 Å². The summed E-state index contributed by atoms with van der Waals surface area (Å²) in [5.74, 6) is -1.47. The first-order valence-corrected chi connectivity index (χ1v) is 12.9. The number of ketones is 1. The number of para-hydroxylation sites is 1. The van der Waals surface area contributed by atoms with Gasteiger partial charge in [-0.15, -0.1) is 0 Å². The summed E-state index contributed by atoms with van der Waals surface area (Å²) in [6.45, 7) is 10.3. The Labute approximate surface area is 234 Å². The fourth-order valence-corrected chi connectivity index (χ4v) is 3.74. The highest BCUT2D eigenvalue weighted by atomic mass is 16.6. The van der Waals surface area contributed by atoms with Crippen molar-refractivity contribution < 1.29 is 33.4 Å². The lowest BCUT2D eigenvalue weighted by molar-refractivity contribution is 0.00186. The summed E-state index contributed by atoms with van der Waals surface area (Å²) in [7, 11) is 0. The van der Waals surface area contributed by atoms with Crippen LogP contribution < -0.4 is 10.1 Å². The van der Waals surface area contributed by atoms with Crippen molar-refractivity contribution in [3.8, 4) is 5.75 Å². The molecule has 0 heterocycles. The quantitative estimate of drug-likeness (QED) is 0.248. The molecular formula is C32H35NO7. The van der Waals surface area contributed by atoms with Crippen molar-refractivity contribution in [3.63, 3.8) is 0 Å². The molecule has 0 aliphatic carbocycles. The predicted molar refractivity (Wildman–Crippen MR) is 151 cm³/mol. The van der Waals surface area contributed by atoms with Crippen LogP contribution in [0.4, 0.5) is 4.79 Å². The van der Waals surface area contributed by atoms with E-state index in [-0.39, 0.29) is 28.9 Å². The molecule has 0 saturated carbocycles. The van der Waals surface area contributed by atoms with Gasteiger partial charge in [0.05, 0.1) is 17.2 Å². The van der Waals surface area contributed by atoms with Crippen LogP contribution in [0.5, 0.6) is 5.75 Å². The lowest BCUT2D eigenvalue weighted by atomic mass is 9.95. The zero-order chi connectivity index (χ0) is 29.5. The van der Waals surface area contributed by atoms with Crippen molar-refractivity contribution in [3.05, 3.63) is 101 Å². The van der Waals surface area contributed by atoms with Crippen molar-refractivity contribution in [2.45, 2.75) is 65.2 Å². The van der Waals surface area contributed by atoms with Gasteiger partial charge in [0.2, 0.25) is 0 Å². The largest absolute Gasteiger partial charge is 0.456 e. The van der Waals surface area contributed by atoms with Crippen molar-refractivity contribution in [1.82, 2.24) is 5.32 Å². The molecule has 1 amide bonds. The molecule has 0 fully saturated rings. The SMILES string of the molecule is CC(C)(C)OC(=O)c1ccc(C(=O)CC(NC(=O)Oc2ccccc2)c2ccccc2)cc1C(=O)OC(C)(C)C. The zero-order valence-electron chi connectivity index (χ0n) is 23.6. The van der Waals surface area contributed by atoms with Crippen LogP contribution in [0.1, 0.15) is 90.6 Å². The first-order chi connectivity index (χ1) is 18.7. The van der Waals surface area contributed by atoms with E-state index in [0.717, 1.165) is 0 Å². The smallest absolute Gasteiger partial charge is 0.413 e. The Kier molecular flexibility index (Phi) is 9.47. The Morgan fingerprint density at radius 1 is 0.700 bits per heavy atom. The number of carbonyl (C=O) groups excluding carboxylic acids is 4. The third kappa shape index (κ3) is 9.08. The third-order valence-corrected chi connectivity index (χ3v) is 5.42. The maximum absolute atomic E-state index is 13.5. The van der Waals surface area contributed by atoms with E-state index in [4.69, 9.17) is 14.2 Å². The Morgan fingerprint density at radius 3 is 1.77 bits per heavy atom. The Balaban J connectivity index is 1.90. The van der Waals surface area contributed by atoms with Crippen LogP contribution in [0.15, 0.2) is 78.9 Å². The third-order valence-electron chi connectivity index (χ3n) is 5.42. The van der Waals surface area contributed by atoms with Crippen LogP contribution in [-0.2, 0) is 9.47 Å². The first-order valence-electron chi connectivity index (χ1n) is 12.9. The molecule has 8 nitrogen and oxygen atoms in total. The van der Waals surface area contributed by atoms with Gasteiger partial charge in [-0.2, -0.15) is 0 Å². The average molecular weight is 546 g/mol. The molecule has 3 aromatic rings. The highest BCUT2D eigenvalue weighted by molar-refractivity contribution is 6.06. The summed E-state index contributed by atoms with van der Waals surface area (Å²) in [6, 6.07) is 21.0. The van der Waals surface area contributed by atoms with Gasteiger partial charge in [0.25, 0.3) is 0 Å². The van der Waals surface area contributed by atoms with E-state index in [1.54, 1.807) is 96.1 Å². The van der Waals surface area contributed by atoms with E-state index in [1.807, 2.05) is 6.07 Å². The lowest BCUT2D eigenvalue weighted by Gasteiger charge is -2.23. The number of hydrogen-bond acceptors (Lipinski definition) is 7. The summed E-state index contributed by atoms with van der Waals surface area (Å²) >= 11 is 0. The molecule has 3 aromatic carbocycles. The molecule has 1 N–H and O–H groups in total. The van der Waals surface area contributed by atoms with Gasteiger partial charge in [0.15, 0.2) is 5.78 Å². The number of esters is 2. The van der Waals surface area contributed by atoms with Crippen LogP contribution in [-0.4, -0.2) is 35.0 Å². The number of amides is 1. The van der Waals surface area contributed by atoms with E-state index >= 15 is 0 Å².